The van der Waals surface area contributed by atoms with Gasteiger partial charge < -0.3 is 34.1 Å². The molecule has 4 aliphatic heterocycles. The zero-order chi connectivity index (χ0) is 42.9. The number of H-pyrrole nitrogens is 1. The van der Waals surface area contributed by atoms with Crippen LogP contribution in [0.1, 0.15) is 92.2 Å². The van der Waals surface area contributed by atoms with Crippen molar-refractivity contribution in [3.63, 3.8) is 0 Å². The van der Waals surface area contributed by atoms with E-state index in [-0.39, 0.29) is 17.6 Å². The molecule has 0 unspecified atom stereocenters. The van der Waals surface area contributed by atoms with E-state index in [0.29, 0.717) is 69.6 Å². The number of hydrogen-bond acceptors (Lipinski definition) is 13. The summed E-state index contributed by atoms with van der Waals surface area (Å²) in [6, 6.07) is 21.0. The Hall–Kier alpha value is -5.22. The minimum absolute atomic E-state index is 0.0410. The summed E-state index contributed by atoms with van der Waals surface area (Å²) in [5.74, 6) is 1.87. The van der Waals surface area contributed by atoms with E-state index in [9.17, 15) is 9.70 Å². The van der Waals surface area contributed by atoms with E-state index < -0.39 is 0 Å². The fraction of sp³-hybridized carbons (Fsp3) is 0.479. The number of amides is 1. The average molecular weight is 873 g/mol. The van der Waals surface area contributed by atoms with E-state index in [4.69, 9.17) is 18.9 Å². The average Bonchev–Trinajstić information content (AvgIpc) is 3.78. The SMILES string of the molecule is CC(C)c1ccccc1[C@@H]1COCCN1C1CC2(CCN(c3ccc(C(=O)NSc4cc(N=O)c5c(n4)OC[C@H](CC4CCOCC4)N5)c(Oc4cnc5[nH]ccc5c4)c3)CC2)C1. The summed E-state index contributed by atoms with van der Waals surface area (Å²) in [6.07, 6.45) is 11.1. The van der Waals surface area contributed by atoms with Gasteiger partial charge in [-0.15, -0.1) is 4.91 Å². The number of pyridine rings is 2. The highest BCUT2D eigenvalue weighted by Crippen LogP contribution is 2.53. The first-order chi connectivity index (χ1) is 30.8. The number of aromatic nitrogens is 3. The van der Waals surface area contributed by atoms with Crippen LogP contribution in [0.25, 0.3) is 11.0 Å². The second-order valence-electron chi connectivity index (χ2n) is 18.3. The molecule has 2 atom stereocenters. The largest absolute Gasteiger partial charge is 0.474 e. The molecule has 14 nitrogen and oxygen atoms in total. The predicted octanol–water partition coefficient (Wildman–Crippen LogP) is 9.52. The molecule has 2 aromatic carbocycles. The molecule has 7 heterocycles. The van der Waals surface area contributed by atoms with Crippen LogP contribution in [0, 0.1) is 16.2 Å². The number of aromatic amines is 1. The van der Waals surface area contributed by atoms with Crippen LogP contribution in [-0.4, -0.2) is 90.5 Å². The summed E-state index contributed by atoms with van der Waals surface area (Å²) >= 11 is 1.00. The van der Waals surface area contributed by atoms with E-state index >= 15 is 0 Å². The molecular formula is C48H56N8O6S. The fourth-order valence-corrected chi connectivity index (χ4v) is 11.1. The number of hydrogen-bond donors (Lipinski definition) is 3. The molecular weight excluding hydrogens is 817 g/mol. The molecule has 3 N–H and O–H groups in total. The first-order valence-electron chi connectivity index (χ1n) is 22.6. The molecule has 3 saturated heterocycles. The topological polar surface area (TPSA) is 156 Å². The van der Waals surface area contributed by atoms with E-state index in [1.807, 2.05) is 36.5 Å². The highest BCUT2D eigenvalue weighted by Gasteiger charge is 2.49. The zero-order valence-electron chi connectivity index (χ0n) is 36.0. The van der Waals surface area contributed by atoms with Crippen molar-refractivity contribution in [1.29, 1.82) is 0 Å². The monoisotopic (exact) mass is 872 g/mol. The summed E-state index contributed by atoms with van der Waals surface area (Å²) in [5, 5.41) is 8.02. The van der Waals surface area contributed by atoms with Crippen LogP contribution in [-0.2, 0) is 9.47 Å². The summed E-state index contributed by atoms with van der Waals surface area (Å²) in [6.45, 7) is 10.9. The summed E-state index contributed by atoms with van der Waals surface area (Å²) < 4.78 is 27.1. The molecule has 63 heavy (non-hydrogen) atoms. The summed E-state index contributed by atoms with van der Waals surface area (Å²) in [4.78, 5) is 43.5. The molecule has 1 saturated carbocycles. The molecule has 3 aromatic heterocycles. The van der Waals surface area contributed by atoms with E-state index in [1.165, 1.54) is 24.0 Å². The number of nitrogens with one attached hydrogen (secondary N) is 3. The first-order valence-corrected chi connectivity index (χ1v) is 23.4. The standard InChI is InChI=1S/C48H56N8O6S/c1-30(2)37-5-3-4-6-38(37)41-29-60-20-17-56(41)35-25-48(26-35)12-15-55(16-13-48)34-7-8-39(42(23-34)62-36-22-32-9-14-49-45(32)50-27-36)46(57)54-63-43-24-40(53-58)44-47(52-43)61-28-33(51-44)21-31-10-18-59-19-11-31/h3-9,14,22-24,27,30-31,33,35,41,51H,10-13,15-21,25-26,28-29H2,1-2H3,(H,49,50)(H,54,57)/t33-,41-/m0/s1. The highest BCUT2D eigenvalue weighted by atomic mass is 32.2. The van der Waals surface area contributed by atoms with Gasteiger partial charge in [0.05, 0.1) is 37.1 Å². The lowest BCUT2D eigenvalue weighted by Crippen LogP contribution is -2.58. The number of ether oxygens (including phenoxy) is 4. The third-order valence-electron chi connectivity index (χ3n) is 14.0. The maximum absolute atomic E-state index is 14.0. The summed E-state index contributed by atoms with van der Waals surface area (Å²) in [5.41, 5.74) is 5.97. The number of carbonyl (C=O) groups is 1. The van der Waals surface area contributed by atoms with Gasteiger partial charge in [-0.25, -0.2) is 9.97 Å². The second-order valence-corrected chi connectivity index (χ2v) is 19.1. The Balaban J connectivity index is 0.818. The second kappa shape index (κ2) is 18.1. The van der Waals surface area contributed by atoms with Gasteiger partial charge in [-0.1, -0.05) is 38.1 Å². The number of piperidine rings is 1. The Morgan fingerprint density at radius 2 is 1.86 bits per heavy atom. The molecule has 5 aromatic rings. The van der Waals surface area contributed by atoms with Crippen LogP contribution in [0.4, 0.5) is 17.1 Å². The van der Waals surface area contributed by atoms with Crippen LogP contribution in [0.15, 0.2) is 83.3 Å². The number of anilines is 2. The van der Waals surface area contributed by atoms with Crippen molar-refractivity contribution < 1.29 is 23.7 Å². The zero-order valence-corrected chi connectivity index (χ0v) is 36.8. The number of nitroso groups, excluding NO2 is 1. The van der Waals surface area contributed by atoms with Crippen LogP contribution < -0.4 is 24.4 Å². The van der Waals surface area contributed by atoms with Gasteiger partial charge in [0.2, 0.25) is 5.88 Å². The number of benzene rings is 2. The lowest BCUT2D eigenvalue weighted by Gasteiger charge is -2.57. The Morgan fingerprint density at radius 1 is 1.02 bits per heavy atom. The van der Waals surface area contributed by atoms with Crippen LogP contribution in [0.2, 0.25) is 0 Å². The Bertz CT molecular complexity index is 2440. The highest BCUT2D eigenvalue weighted by molar-refractivity contribution is 7.97. The van der Waals surface area contributed by atoms with Crippen molar-refractivity contribution in [3.05, 3.63) is 94.7 Å². The lowest BCUT2D eigenvalue weighted by molar-refractivity contribution is -0.0912. The van der Waals surface area contributed by atoms with Crippen molar-refractivity contribution in [3.8, 4) is 17.4 Å². The molecule has 0 radical (unpaired) electrons. The van der Waals surface area contributed by atoms with Gasteiger partial charge in [-0.2, -0.15) is 0 Å². The molecule has 10 rings (SSSR count). The predicted molar refractivity (Wildman–Crippen MR) is 244 cm³/mol. The van der Waals surface area contributed by atoms with Gasteiger partial charge in [-0.05, 0) is 103 Å². The van der Waals surface area contributed by atoms with Crippen molar-refractivity contribution in [2.24, 2.45) is 16.5 Å². The molecule has 15 heteroatoms. The molecule has 1 spiro atoms. The number of carbonyl (C=O) groups excluding carboxylic acids is 1. The van der Waals surface area contributed by atoms with Crippen LogP contribution in [0.3, 0.4) is 0 Å². The number of nitrogens with zero attached hydrogens (tertiary/aromatic N) is 5. The van der Waals surface area contributed by atoms with E-state index in [0.717, 1.165) is 107 Å². The molecule has 4 fully saturated rings. The summed E-state index contributed by atoms with van der Waals surface area (Å²) in [7, 11) is 0. The molecule has 1 aliphatic carbocycles. The molecule has 330 valence electrons. The quantitative estimate of drug-likeness (QED) is 0.0808. The smallest absolute Gasteiger partial charge is 0.265 e. The molecule has 0 bridgehead atoms. The minimum atomic E-state index is -0.372. The third kappa shape index (κ3) is 8.85. The van der Waals surface area contributed by atoms with Crippen LogP contribution >= 0.6 is 11.9 Å². The van der Waals surface area contributed by atoms with Gasteiger partial charge >= 0.3 is 0 Å². The number of rotatable bonds is 12. The van der Waals surface area contributed by atoms with Gasteiger partial charge in [0.1, 0.15) is 40.2 Å². The lowest BCUT2D eigenvalue weighted by atomic mass is 9.59. The van der Waals surface area contributed by atoms with Crippen molar-refractivity contribution in [2.75, 3.05) is 62.9 Å². The van der Waals surface area contributed by atoms with Gasteiger partial charge in [-0.3, -0.25) is 14.4 Å². The molecule has 1 amide bonds. The Labute approximate surface area is 372 Å². The van der Waals surface area contributed by atoms with Gasteiger partial charge in [0.25, 0.3) is 5.91 Å². The maximum atomic E-state index is 14.0. The maximum Gasteiger partial charge on any atom is 0.265 e. The van der Waals surface area contributed by atoms with Crippen LogP contribution in [0.5, 0.6) is 17.4 Å². The minimum Gasteiger partial charge on any atom is -0.474 e. The van der Waals surface area contributed by atoms with Crippen molar-refractivity contribution in [2.45, 2.75) is 87.9 Å². The van der Waals surface area contributed by atoms with E-state index in [1.54, 1.807) is 12.3 Å². The fourth-order valence-electron chi connectivity index (χ4n) is 10.5. The van der Waals surface area contributed by atoms with Crippen molar-refractivity contribution in [1.82, 2.24) is 24.6 Å². The van der Waals surface area contributed by atoms with Gasteiger partial charge in [0.15, 0.2) is 0 Å². The normalized spacial score (nSPS) is 21.7. The molecule has 5 aliphatic rings. The number of morpholine rings is 1. The Morgan fingerprint density at radius 3 is 2.68 bits per heavy atom. The van der Waals surface area contributed by atoms with Crippen molar-refractivity contribution >= 4 is 46.0 Å². The Kier molecular flexibility index (Phi) is 12.0. The van der Waals surface area contributed by atoms with E-state index in [2.05, 4.69) is 78.1 Å². The first kappa shape index (κ1) is 41.8. The number of fused-ring (bicyclic) bond motifs is 2. The third-order valence-corrected chi connectivity index (χ3v) is 14.7. The van der Waals surface area contributed by atoms with Gasteiger partial charge in [0, 0.05) is 80.2 Å².